The van der Waals surface area contributed by atoms with Crippen LogP contribution in [-0.4, -0.2) is 30.8 Å². The fourth-order valence-electron chi connectivity index (χ4n) is 3.50. The van der Waals surface area contributed by atoms with Crippen molar-refractivity contribution < 1.29 is 35.7 Å². The molecule has 0 fully saturated rings. The largest absolute Gasteiger partial charge is 0.471 e. The van der Waals surface area contributed by atoms with E-state index >= 15 is 0 Å². The third-order valence-electron chi connectivity index (χ3n) is 5.32. The second kappa shape index (κ2) is 10.0. The van der Waals surface area contributed by atoms with E-state index in [-0.39, 0.29) is 30.2 Å². The fraction of sp³-hybridized carbons (Fsp3) is 0.261. The standard InChI is InChI=1S/C23H18F6N6O2/c1-14(10-34-13-30-12-31-34)20(36)35(18-4-2-3-17(9-18)22(24,25)26)11-15-5-7-16(8-6-15)19-32-21(37-33-19)23(27,28)29/h2-9,12-14H,10-11H2,1H3. The summed E-state index contributed by atoms with van der Waals surface area (Å²) in [5.74, 6) is -2.91. The van der Waals surface area contributed by atoms with Gasteiger partial charge in [-0.3, -0.25) is 9.48 Å². The molecule has 0 aliphatic rings. The minimum Gasteiger partial charge on any atom is -0.329 e. The van der Waals surface area contributed by atoms with Crippen LogP contribution >= 0.6 is 0 Å². The summed E-state index contributed by atoms with van der Waals surface area (Å²) < 4.78 is 83.9. The molecule has 1 atom stereocenters. The minimum absolute atomic E-state index is 0.0299. The summed E-state index contributed by atoms with van der Waals surface area (Å²) in [6.45, 7) is 1.65. The number of rotatable bonds is 7. The van der Waals surface area contributed by atoms with Crippen molar-refractivity contribution in [3.63, 3.8) is 0 Å². The average Bonchev–Trinajstić information content (AvgIpc) is 3.54. The van der Waals surface area contributed by atoms with Crippen LogP contribution in [0.5, 0.6) is 0 Å². The van der Waals surface area contributed by atoms with Gasteiger partial charge in [0.15, 0.2) is 0 Å². The summed E-state index contributed by atoms with van der Waals surface area (Å²) in [5, 5.41) is 7.27. The predicted octanol–water partition coefficient (Wildman–Crippen LogP) is 5.24. The van der Waals surface area contributed by atoms with Crippen molar-refractivity contribution >= 4 is 11.6 Å². The van der Waals surface area contributed by atoms with Crippen molar-refractivity contribution in [3.05, 3.63) is 78.2 Å². The number of amides is 1. The van der Waals surface area contributed by atoms with Crippen LogP contribution in [0.4, 0.5) is 32.0 Å². The molecule has 37 heavy (non-hydrogen) atoms. The summed E-state index contributed by atoms with van der Waals surface area (Å²) in [5.41, 5.74) is -0.163. The highest BCUT2D eigenvalue weighted by atomic mass is 19.4. The van der Waals surface area contributed by atoms with Gasteiger partial charge in [0.05, 0.1) is 24.6 Å². The van der Waals surface area contributed by atoms with Gasteiger partial charge < -0.3 is 9.42 Å². The molecule has 4 aromatic rings. The zero-order valence-electron chi connectivity index (χ0n) is 19.0. The highest BCUT2D eigenvalue weighted by molar-refractivity contribution is 5.94. The molecule has 0 N–H and O–H groups in total. The third kappa shape index (κ3) is 6.13. The van der Waals surface area contributed by atoms with E-state index in [0.29, 0.717) is 5.56 Å². The van der Waals surface area contributed by atoms with E-state index in [1.807, 2.05) is 0 Å². The van der Waals surface area contributed by atoms with Crippen LogP contribution < -0.4 is 4.90 Å². The van der Waals surface area contributed by atoms with Crippen molar-refractivity contribution in [1.82, 2.24) is 24.9 Å². The van der Waals surface area contributed by atoms with Gasteiger partial charge in [-0.25, -0.2) is 4.98 Å². The van der Waals surface area contributed by atoms with E-state index in [1.165, 1.54) is 58.6 Å². The number of aromatic nitrogens is 5. The SMILES string of the molecule is CC(Cn1cncn1)C(=O)N(Cc1ccc(-c2noc(C(F)(F)F)n2)cc1)c1cccc(C(F)(F)F)c1. The molecule has 2 heterocycles. The van der Waals surface area contributed by atoms with Crippen molar-refractivity contribution in [2.75, 3.05) is 4.90 Å². The van der Waals surface area contributed by atoms with E-state index in [4.69, 9.17) is 0 Å². The first kappa shape index (κ1) is 25.9. The van der Waals surface area contributed by atoms with Crippen molar-refractivity contribution in [3.8, 4) is 11.4 Å². The van der Waals surface area contributed by atoms with Crippen molar-refractivity contribution in [2.45, 2.75) is 32.4 Å². The maximum absolute atomic E-state index is 13.4. The number of carbonyl (C=O) groups excluding carboxylic acids is 1. The lowest BCUT2D eigenvalue weighted by molar-refractivity contribution is -0.159. The van der Waals surface area contributed by atoms with Gasteiger partial charge in [-0.15, -0.1) is 0 Å². The number of nitrogens with zero attached hydrogens (tertiary/aromatic N) is 6. The van der Waals surface area contributed by atoms with E-state index in [0.717, 1.165) is 12.1 Å². The molecule has 194 valence electrons. The van der Waals surface area contributed by atoms with E-state index < -0.39 is 35.6 Å². The number of benzene rings is 2. The van der Waals surface area contributed by atoms with Gasteiger partial charge in [0, 0.05) is 11.3 Å². The lowest BCUT2D eigenvalue weighted by atomic mass is 10.1. The number of hydrogen-bond donors (Lipinski definition) is 0. The number of alkyl halides is 6. The Morgan fingerprint density at radius 2 is 1.78 bits per heavy atom. The second-order valence-electron chi connectivity index (χ2n) is 8.11. The predicted molar refractivity (Wildman–Crippen MR) is 117 cm³/mol. The first-order valence-electron chi connectivity index (χ1n) is 10.7. The zero-order chi connectivity index (χ0) is 26.8. The zero-order valence-corrected chi connectivity index (χ0v) is 19.0. The summed E-state index contributed by atoms with van der Waals surface area (Å²) in [4.78, 5) is 21.7. The molecule has 4 rings (SSSR count). The fourth-order valence-corrected chi connectivity index (χ4v) is 3.50. The van der Waals surface area contributed by atoms with Gasteiger partial charge in [-0.1, -0.05) is 42.4 Å². The Hall–Kier alpha value is -4.23. The molecule has 14 heteroatoms. The molecule has 2 aromatic heterocycles. The van der Waals surface area contributed by atoms with E-state index in [1.54, 1.807) is 6.92 Å². The second-order valence-corrected chi connectivity index (χ2v) is 8.11. The molecule has 2 aromatic carbocycles. The molecule has 0 spiro atoms. The Bertz CT molecular complexity index is 1350. The van der Waals surface area contributed by atoms with Gasteiger partial charge in [0.25, 0.3) is 0 Å². The highest BCUT2D eigenvalue weighted by Gasteiger charge is 2.38. The highest BCUT2D eigenvalue weighted by Crippen LogP contribution is 2.33. The van der Waals surface area contributed by atoms with E-state index in [2.05, 4.69) is 24.7 Å². The van der Waals surface area contributed by atoms with Gasteiger partial charge >= 0.3 is 18.2 Å². The average molecular weight is 524 g/mol. The van der Waals surface area contributed by atoms with Crippen molar-refractivity contribution in [1.29, 1.82) is 0 Å². The quantitative estimate of drug-likeness (QED) is 0.308. The summed E-state index contributed by atoms with van der Waals surface area (Å²) >= 11 is 0. The molecule has 0 saturated heterocycles. The molecule has 1 unspecified atom stereocenters. The lowest BCUT2D eigenvalue weighted by Crippen LogP contribution is -2.36. The first-order chi connectivity index (χ1) is 17.4. The molecular formula is C23H18F6N6O2. The molecule has 0 aliphatic heterocycles. The first-order valence-corrected chi connectivity index (χ1v) is 10.7. The van der Waals surface area contributed by atoms with Crippen LogP contribution in [0.1, 0.15) is 23.9 Å². The van der Waals surface area contributed by atoms with Gasteiger partial charge in [0.2, 0.25) is 11.7 Å². The summed E-state index contributed by atoms with van der Waals surface area (Å²) in [6.07, 6.45) is -6.69. The maximum Gasteiger partial charge on any atom is 0.471 e. The topological polar surface area (TPSA) is 89.9 Å². The Morgan fingerprint density at radius 3 is 2.38 bits per heavy atom. The Morgan fingerprint density at radius 1 is 1.05 bits per heavy atom. The minimum atomic E-state index is -4.79. The Balaban J connectivity index is 1.61. The summed E-state index contributed by atoms with van der Waals surface area (Å²) in [7, 11) is 0. The molecule has 0 radical (unpaired) electrons. The van der Waals surface area contributed by atoms with Crippen LogP contribution in [0, 0.1) is 5.92 Å². The monoisotopic (exact) mass is 524 g/mol. The summed E-state index contributed by atoms with van der Waals surface area (Å²) in [6, 6.07) is 10.2. The van der Waals surface area contributed by atoms with Crippen LogP contribution in [-0.2, 0) is 30.2 Å². The molecule has 0 saturated carbocycles. The van der Waals surface area contributed by atoms with Gasteiger partial charge in [-0.2, -0.15) is 36.4 Å². The van der Waals surface area contributed by atoms with Crippen LogP contribution in [0.2, 0.25) is 0 Å². The van der Waals surface area contributed by atoms with Gasteiger partial charge in [-0.05, 0) is 23.8 Å². The molecule has 0 bridgehead atoms. The number of halogens is 6. The lowest BCUT2D eigenvalue weighted by Gasteiger charge is -2.27. The number of carbonyl (C=O) groups is 1. The van der Waals surface area contributed by atoms with Crippen LogP contribution in [0.25, 0.3) is 11.4 Å². The van der Waals surface area contributed by atoms with Crippen LogP contribution in [0.3, 0.4) is 0 Å². The number of hydrogen-bond acceptors (Lipinski definition) is 6. The normalized spacial score (nSPS) is 12.9. The van der Waals surface area contributed by atoms with Gasteiger partial charge in [0.1, 0.15) is 12.7 Å². The molecule has 1 amide bonds. The Kier molecular flexibility index (Phi) is 7.01. The maximum atomic E-state index is 13.4. The number of anilines is 1. The third-order valence-corrected chi connectivity index (χ3v) is 5.32. The smallest absolute Gasteiger partial charge is 0.329 e. The molecule has 8 nitrogen and oxygen atoms in total. The van der Waals surface area contributed by atoms with Crippen molar-refractivity contribution in [2.24, 2.45) is 5.92 Å². The van der Waals surface area contributed by atoms with Crippen LogP contribution in [0.15, 0.2) is 65.7 Å². The molecular weight excluding hydrogens is 506 g/mol. The van der Waals surface area contributed by atoms with E-state index in [9.17, 15) is 31.1 Å². The Labute approximate surface area is 205 Å². The molecule has 0 aliphatic carbocycles.